The van der Waals surface area contributed by atoms with Gasteiger partial charge in [-0.05, 0) is 67.1 Å². The Morgan fingerprint density at radius 1 is 0.909 bits per heavy atom. The molecule has 0 atom stereocenters. The van der Waals surface area contributed by atoms with Crippen LogP contribution in [0.2, 0.25) is 0 Å². The summed E-state index contributed by atoms with van der Waals surface area (Å²) >= 11 is 0. The van der Waals surface area contributed by atoms with Gasteiger partial charge in [-0.1, -0.05) is 23.8 Å². The summed E-state index contributed by atoms with van der Waals surface area (Å²) in [4.78, 5) is 29.1. The highest BCUT2D eigenvalue weighted by molar-refractivity contribution is 6.12. The van der Waals surface area contributed by atoms with Crippen LogP contribution in [0.1, 0.15) is 27.0 Å². The van der Waals surface area contributed by atoms with Gasteiger partial charge < -0.3 is 18.9 Å². The highest BCUT2D eigenvalue weighted by Gasteiger charge is 2.24. The highest BCUT2D eigenvalue weighted by atomic mass is 16.6. The van der Waals surface area contributed by atoms with Gasteiger partial charge in [0.1, 0.15) is 5.75 Å². The van der Waals surface area contributed by atoms with E-state index in [0.717, 1.165) is 11.1 Å². The number of esters is 2. The molecule has 0 N–H and O–H groups in total. The molecular formula is C26H21NO6. The molecule has 0 bridgehead atoms. The van der Waals surface area contributed by atoms with Crippen LogP contribution in [0.25, 0.3) is 6.08 Å². The van der Waals surface area contributed by atoms with Gasteiger partial charge in [0.15, 0.2) is 17.2 Å². The van der Waals surface area contributed by atoms with Gasteiger partial charge >= 0.3 is 11.9 Å². The lowest BCUT2D eigenvalue weighted by Crippen LogP contribution is -2.09. The molecule has 0 unspecified atom stereocenters. The molecule has 0 saturated heterocycles. The number of nitrogens with zero attached hydrogens (tertiary/aromatic N) is 1. The zero-order chi connectivity index (χ0) is 23.4. The number of cyclic esters (lactones) is 1. The van der Waals surface area contributed by atoms with E-state index in [2.05, 4.69) is 4.99 Å². The average molecular weight is 443 g/mol. The molecule has 3 aromatic carbocycles. The average Bonchev–Trinajstić information content (AvgIpc) is 3.20. The molecule has 1 aliphatic rings. The molecule has 1 aliphatic heterocycles. The van der Waals surface area contributed by atoms with E-state index < -0.39 is 11.9 Å². The second kappa shape index (κ2) is 9.40. The van der Waals surface area contributed by atoms with Crippen LogP contribution in [-0.4, -0.2) is 32.1 Å². The Kier molecular flexibility index (Phi) is 6.22. The van der Waals surface area contributed by atoms with Crippen LogP contribution in [0.3, 0.4) is 0 Å². The van der Waals surface area contributed by atoms with Crippen LogP contribution in [0, 0.1) is 6.92 Å². The molecule has 3 aromatic rings. The van der Waals surface area contributed by atoms with E-state index in [4.69, 9.17) is 18.9 Å². The Morgan fingerprint density at radius 3 is 2.30 bits per heavy atom. The lowest BCUT2D eigenvalue weighted by Gasteiger charge is -2.10. The fourth-order valence-electron chi connectivity index (χ4n) is 3.13. The second-order valence-corrected chi connectivity index (χ2v) is 7.23. The predicted molar refractivity (Wildman–Crippen MR) is 123 cm³/mol. The number of carbonyl (C=O) groups is 2. The van der Waals surface area contributed by atoms with Crippen LogP contribution in [-0.2, 0) is 9.53 Å². The molecule has 7 nitrogen and oxygen atoms in total. The van der Waals surface area contributed by atoms with Crippen molar-refractivity contribution < 1.29 is 28.5 Å². The minimum absolute atomic E-state index is 0.163. The van der Waals surface area contributed by atoms with Crippen molar-refractivity contribution in [3.05, 3.63) is 94.7 Å². The smallest absolute Gasteiger partial charge is 0.363 e. The molecule has 0 saturated carbocycles. The lowest BCUT2D eigenvalue weighted by molar-refractivity contribution is -0.129. The molecule has 7 heteroatoms. The summed E-state index contributed by atoms with van der Waals surface area (Å²) in [6.07, 6.45) is 1.58. The topological polar surface area (TPSA) is 83.4 Å². The Balaban J connectivity index is 1.54. The SMILES string of the molecule is COc1ccc(C(=O)Oc2ccc(/C=C3/N=C(c4ccc(C)cc4)OC3=O)cc2OC)cc1. The monoisotopic (exact) mass is 443 g/mol. The van der Waals surface area contributed by atoms with Gasteiger partial charge in [0.05, 0.1) is 19.8 Å². The van der Waals surface area contributed by atoms with Crippen molar-refractivity contribution in [3.8, 4) is 17.2 Å². The standard InChI is InChI=1S/C26H21NO6/c1-16-4-7-18(8-5-16)24-27-21(26(29)33-24)14-17-6-13-22(23(15-17)31-3)32-25(28)19-9-11-20(30-2)12-10-19/h4-15H,1-3H3/b21-14+. The van der Waals surface area contributed by atoms with Gasteiger partial charge in [-0.25, -0.2) is 14.6 Å². The summed E-state index contributed by atoms with van der Waals surface area (Å²) in [6.45, 7) is 1.98. The second-order valence-electron chi connectivity index (χ2n) is 7.23. The number of methoxy groups -OCH3 is 2. The fraction of sp³-hybridized carbons (Fsp3) is 0.115. The highest BCUT2D eigenvalue weighted by Crippen LogP contribution is 2.30. The molecule has 0 spiro atoms. The Labute approximate surface area is 190 Å². The first-order valence-electron chi connectivity index (χ1n) is 10.1. The van der Waals surface area contributed by atoms with Crippen molar-refractivity contribution >= 4 is 23.9 Å². The zero-order valence-electron chi connectivity index (χ0n) is 18.3. The number of hydrogen-bond acceptors (Lipinski definition) is 7. The van der Waals surface area contributed by atoms with E-state index in [9.17, 15) is 9.59 Å². The Bertz CT molecular complexity index is 1260. The van der Waals surface area contributed by atoms with Crippen LogP contribution >= 0.6 is 0 Å². The molecule has 0 aliphatic carbocycles. The third-order valence-electron chi connectivity index (χ3n) is 4.94. The van der Waals surface area contributed by atoms with Crippen molar-refractivity contribution in [3.63, 3.8) is 0 Å². The molecule has 0 fully saturated rings. The maximum atomic E-state index is 12.5. The third-order valence-corrected chi connectivity index (χ3v) is 4.94. The van der Waals surface area contributed by atoms with Crippen molar-refractivity contribution in [1.29, 1.82) is 0 Å². The number of ether oxygens (including phenoxy) is 4. The lowest BCUT2D eigenvalue weighted by atomic mass is 10.1. The minimum Gasteiger partial charge on any atom is -0.497 e. The van der Waals surface area contributed by atoms with E-state index in [0.29, 0.717) is 22.6 Å². The summed E-state index contributed by atoms with van der Waals surface area (Å²) in [5, 5.41) is 0. The Hall–Kier alpha value is -4.39. The van der Waals surface area contributed by atoms with E-state index in [-0.39, 0.29) is 17.3 Å². The van der Waals surface area contributed by atoms with Crippen molar-refractivity contribution in [2.45, 2.75) is 6.92 Å². The third kappa shape index (κ3) is 4.93. The number of rotatable bonds is 6. The molecular weight excluding hydrogens is 422 g/mol. The summed E-state index contributed by atoms with van der Waals surface area (Å²) in [5.41, 5.74) is 2.98. The number of carbonyl (C=O) groups excluding carboxylic acids is 2. The van der Waals surface area contributed by atoms with Crippen LogP contribution in [0.4, 0.5) is 0 Å². The molecule has 0 radical (unpaired) electrons. The summed E-state index contributed by atoms with van der Waals surface area (Å²) < 4.78 is 21.3. The van der Waals surface area contributed by atoms with Crippen molar-refractivity contribution in [1.82, 2.24) is 0 Å². The molecule has 0 aromatic heterocycles. The van der Waals surface area contributed by atoms with Gasteiger partial charge in [-0.15, -0.1) is 0 Å². The maximum Gasteiger partial charge on any atom is 0.363 e. The maximum absolute atomic E-state index is 12.5. The fourth-order valence-corrected chi connectivity index (χ4v) is 3.13. The van der Waals surface area contributed by atoms with Gasteiger partial charge in [-0.3, -0.25) is 0 Å². The van der Waals surface area contributed by atoms with E-state index in [1.54, 1.807) is 55.7 Å². The van der Waals surface area contributed by atoms with Crippen molar-refractivity contribution in [2.24, 2.45) is 4.99 Å². The summed E-state index contributed by atoms with van der Waals surface area (Å²) in [7, 11) is 3.02. The Morgan fingerprint density at radius 2 is 1.64 bits per heavy atom. The van der Waals surface area contributed by atoms with Gasteiger partial charge in [0, 0.05) is 5.56 Å². The first kappa shape index (κ1) is 21.8. The quantitative estimate of drug-likeness (QED) is 0.315. The molecule has 166 valence electrons. The van der Waals surface area contributed by atoms with Crippen molar-refractivity contribution in [2.75, 3.05) is 14.2 Å². The van der Waals surface area contributed by atoms with E-state index >= 15 is 0 Å². The number of benzene rings is 3. The van der Waals surface area contributed by atoms with Crippen LogP contribution in [0.15, 0.2) is 77.4 Å². The number of hydrogen-bond donors (Lipinski definition) is 0. The summed E-state index contributed by atoms with van der Waals surface area (Å²) in [5.74, 6) is 0.398. The predicted octanol–water partition coefficient (Wildman–Crippen LogP) is 4.58. The first-order chi connectivity index (χ1) is 16.0. The molecule has 4 rings (SSSR count). The zero-order valence-corrected chi connectivity index (χ0v) is 18.3. The van der Waals surface area contributed by atoms with Gasteiger partial charge in [-0.2, -0.15) is 0 Å². The largest absolute Gasteiger partial charge is 0.497 e. The van der Waals surface area contributed by atoms with E-state index in [1.807, 2.05) is 31.2 Å². The van der Waals surface area contributed by atoms with Gasteiger partial charge in [0.25, 0.3) is 0 Å². The number of aryl methyl sites for hydroxylation is 1. The number of aliphatic imine (C=N–C) groups is 1. The van der Waals surface area contributed by atoms with Crippen LogP contribution < -0.4 is 14.2 Å². The minimum atomic E-state index is -0.542. The summed E-state index contributed by atoms with van der Waals surface area (Å²) in [6, 6.07) is 19.0. The van der Waals surface area contributed by atoms with Gasteiger partial charge in [0.2, 0.25) is 5.90 Å². The molecule has 1 heterocycles. The normalized spacial score (nSPS) is 14.0. The van der Waals surface area contributed by atoms with Crippen LogP contribution in [0.5, 0.6) is 17.2 Å². The molecule has 0 amide bonds. The first-order valence-corrected chi connectivity index (χ1v) is 10.1. The molecule has 33 heavy (non-hydrogen) atoms. The van der Waals surface area contributed by atoms with E-state index in [1.165, 1.54) is 7.11 Å².